The number of hydrogen-bond donors (Lipinski definition) is 1. The van der Waals surface area contributed by atoms with Crippen molar-refractivity contribution in [3.8, 4) is 0 Å². The first kappa shape index (κ1) is 31.0. The van der Waals surface area contributed by atoms with Gasteiger partial charge in [0, 0.05) is 41.6 Å². The number of ketones is 2. The molecule has 9 nitrogen and oxygen atoms in total. The average molecular weight is 632 g/mol. The summed E-state index contributed by atoms with van der Waals surface area (Å²) in [7, 11) is 1.38. The standard InChI is InChI=1S/C33H35N4O5.Zn/c1-7-33(5)27-13-23-17(4)29-26(39)10-19(31(29)37-23)30-18(8-9-28(40)42-6)15(2)22(36-30)11-21-16(3)20(14-38)24(34-21)12-25(35-27)32(33)41;/h11-13,15,18,38H,7-10,14H2,1-6H3,(H-,34,35,36,37,39,41);/q-1;+2/p-1/t15-,18-,33?;/m0./s1. The molecule has 0 aromatic carbocycles. The number of rotatable bonds is 5. The molecule has 0 saturated carbocycles. The van der Waals surface area contributed by atoms with Gasteiger partial charge in [-0.25, -0.2) is 4.98 Å². The molecule has 5 heterocycles. The SMILES string of the molecule is CCC1(C)C(=O)c2cc3[n-]c(cc4nc(c5c6[n-]c(cc1n2)c(C)c6C(=O)C5)[C@@H](CCC(=O)OC)[C@@H]4C)c(C)c3CO.[Zn+2]. The van der Waals surface area contributed by atoms with Crippen molar-refractivity contribution in [1.29, 1.82) is 0 Å². The molecule has 0 fully saturated rings. The van der Waals surface area contributed by atoms with Crippen molar-refractivity contribution in [3.63, 3.8) is 0 Å². The van der Waals surface area contributed by atoms with E-state index in [1.165, 1.54) is 7.11 Å². The predicted octanol–water partition coefficient (Wildman–Crippen LogP) is 4.81. The van der Waals surface area contributed by atoms with Crippen molar-refractivity contribution in [2.24, 2.45) is 0 Å². The molecule has 3 aromatic heterocycles. The maximum Gasteiger partial charge on any atom is 2.00 e. The van der Waals surface area contributed by atoms with Gasteiger partial charge in [-0.2, -0.15) is 0 Å². The number of aliphatic hydroxyl groups excluding tert-OH is 1. The first-order valence-electron chi connectivity index (χ1n) is 14.4. The Balaban J connectivity index is 0.00000368. The zero-order valence-electron chi connectivity index (χ0n) is 25.5. The second kappa shape index (κ2) is 11.2. The van der Waals surface area contributed by atoms with Crippen LogP contribution >= 0.6 is 0 Å². The molecule has 1 unspecified atom stereocenters. The second-order valence-electron chi connectivity index (χ2n) is 11.8. The maximum atomic E-state index is 13.7. The van der Waals surface area contributed by atoms with Crippen LogP contribution in [0.5, 0.6) is 0 Å². The van der Waals surface area contributed by atoms with Crippen LogP contribution in [-0.4, -0.2) is 39.7 Å². The monoisotopic (exact) mass is 630 g/mol. The largest absolute Gasteiger partial charge is 2.00 e. The number of esters is 1. The molecule has 3 atom stereocenters. The summed E-state index contributed by atoms with van der Waals surface area (Å²) in [6.07, 6.45) is 1.46. The summed E-state index contributed by atoms with van der Waals surface area (Å²) in [5, 5.41) is 10.3. The van der Waals surface area contributed by atoms with Crippen LogP contribution in [0.2, 0.25) is 0 Å². The van der Waals surface area contributed by atoms with E-state index in [2.05, 4.69) is 6.92 Å². The Hall–Kier alpha value is -3.49. The van der Waals surface area contributed by atoms with E-state index in [4.69, 9.17) is 24.7 Å². The van der Waals surface area contributed by atoms with Crippen molar-refractivity contribution in [2.75, 3.05) is 7.11 Å². The Bertz CT molecular complexity index is 1860. The normalized spacial score (nSPS) is 20.8. The van der Waals surface area contributed by atoms with Gasteiger partial charge in [-0.15, -0.1) is 22.1 Å². The van der Waals surface area contributed by atoms with Crippen molar-refractivity contribution in [1.82, 2.24) is 19.9 Å². The van der Waals surface area contributed by atoms with Gasteiger partial charge in [-0.1, -0.05) is 37.1 Å². The van der Waals surface area contributed by atoms with Crippen LogP contribution in [0, 0.1) is 13.8 Å². The Morgan fingerprint density at radius 2 is 1.81 bits per heavy atom. The summed E-state index contributed by atoms with van der Waals surface area (Å²) >= 11 is 0. The minimum Gasteiger partial charge on any atom is -0.657 e. The van der Waals surface area contributed by atoms with Gasteiger partial charge in [0.05, 0.1) is 24.8 Å². The zero-order chi connectivity index (χ0) is 30.1. The molecule has 10 heteroatoms. The molecule has 3 aromatic rings. The predicted molar refractivity (Wildman–Crippen MR) is 157 cm³/mol. The van der Waals surface area contributed by atoms with Gasteiger partial charge in [0.2, 0.25) is 0 Å². The van der Waals surface area contributed by atoms with E-state index in [-0.39, 0.29) is 74.0 Å². The van der Waals surface area contributed by atoms with Gasteiger partial charge in [0.25, 0.3) is 0 Å². The fourth-order valence-electron chi connectivity index (χ4n) is 6.61. The number of methoxy groups -OCH3 is 1. The summed E-state index contributed by atoms with van der Waals surface area (Å²) in [5.41, 5.74) is 7.48. The third-order valence-electron chi connectivity index (χ3n) is 9.62. The number of nitrogens with zero attached hydrogens (tertiary/aromatic N) is 4. The van der Waals surface area contributed by atoms with Crippen molar-refractivity contribution < 1.29 is 43.7 Å². The Morgan fingerprint density at radius 1 is 1.09 bits per heavy atom. The number of aromatic nitrogens is 4. The van der Waals surface area contributed by atoms with Crippen LogP contribution in [0.15, 0.2) is 18.2 Å². The van der Waals surface area contributed by atoms with Crippen LogP contribution < -0.4 is 9.97 Å². The van der Waals surface area contributed by atoms with Gasteiger partial charge < -0.3 is 19.8 Å². The van der Waals surface area contributed by atoms with Gasteiger partial charge in [-0.05, 0) is 50.8 Å². The average Bonchev–Trinajstić information content (AvgIpc) is 3.71. The summed E-state index contributed by atoms with van der Waals surface area (Å²) in [6, 6.07) is 5.40. The minimum absolute atomic E-state index is 0. The van der Waals surface area contributed by atoms with Crippen LogP contribution in [0.1, 0.15) is 112 Å². The summed E-state index contributed by atoms with van der Waals surface area (Å²) in [4.78, 5) is 58.9. The first-order valence-corrected chi connectivity index (χ1v) is 14.4. The van der Waals surface area contributed by atoms with Crippen molar-refractivity contribution in [2.45, 2.75) is 84.2 Å². The second-order valence-corrected chi connectivity index (χ2v) is 11.8. The van der Waals surface area contributed by atoms with E-state index in [1.54, 1.807) is 6.07 Å². The van der Waals surface area contributed by atoms with E-state index in [0.29, 0.717) is 51.7 Å². The van der Waals surface area contributed by atoms with Crippen LogP contribution in [0.4, 0.5) is 0 Å². The molecule has 1 N–H and O–H groups in total. The molecular weight excluding hydrogens is 598 g/mol. The molecule has 0 saturated heterocycles. The minimum atomic E-state index is -0.866. The number of ether oxygens (including phenoxy) is 1. The molecule has 2 aliphatic heterocycles. The molecule has 3 aliphatic rings. The molecule has 8 bridgehead atoms. The smallest absolute Gasteiger partial charge is 0.657 e. The molecular formula is C33H34N4O5Zn. The third kappa shape index (κ3) is 4.70. The number of fused-ring (bicyclic) bond motifs is 8. The fourth-order valence-corrected chi connectivity index (χ4v) is 6.61. The number of hydrogen-bond acceptors (Lipinski definition) is 7. The van der Waals surface area contributed by atoms with E-state index in [9.17, 15) is 19.5 Å². The quantitative estimate of drug-likeness (QED) is 0.311. The fraction of sp³-hybridized carbons (Fsp3) is 0.424. The van der Waals surface area contributed by atoms with E-state index in [1.807, 2.05) is 39.8 Å². The molecule has 43 heavy (non-hydrogen) atoms. The number of carbonyl (C=O) groups excluding carboxylic acids is 3. The van der Waals surface area contributed by atoms with E-state index >= 15 is 0 Å². The first-order chi connectivity index (χ1) is 20.0. The van der Waals surface area contributed by atoms with Gasteiger partial charge in [0.1, 0.15) is 5.69 Å². The number of aryl methyl sites for hydroxylation is 2. The Kier molecular flexibility index (Phi) is 8.07. The number of Topliss-reactive ketones (excluding diaryl/α,β-unsaturated/α-hetero) is 2. The molecule has 1 aliphatic carbocycles. The number of carbonyl (C=O) groups is 3. The van der Waals surface area contributed by atoms with Gasteiger partial charge in [0.15, 0.2) is 11.6 Å². The third-order valence-corrected chi connectivity index (χ3v) is 9.62. The molecule has 0 amide bonds. The zero-order valence-corrected chi connectivity index (χ0v) is 28.5. The van der Waals surface area contributed by atoms with Crippen LogP contribution in [0.25, 0.3) is 22.1 Å². The molecule has 218 valence electrons. The summed E-state index contributed by atoms with van der Waals surface area (Å²) in [6.45, 7) is 9.43. The van der Waals surface area contributed by atoms with E-state index in [0.717, 1.165) is 28.1 Å². The Labute approximate surface area is 262 Å². The Morgan fingerprint density at radius 3 is 2.49 bits per heavy atom. The van der Waals surface area contributed by atoms with E-state index < -0.39 is 5.41 Å². The van der Waals surface area contributed by atoms with Gasteiger partial charge >= 0.3 is 25.4 Å². The van der Waals surface area contributed by atoms with Gasteiger partial charge in [-0.3, -0.25) is 19.4 Å². The summed E-state index contributed by atoms with van der Waals surface area (Å²) < 4.78 is 4.92. The van der Waals surface area contributed by atoms with Crippen molar-refractivity contribution >= 4 is 39.6 Å². The number of aliphatic hydroxyl groups is 1. The van der Waals surface area contributed by atoms with Crippen molar-refractivity contribution in [3.05, 3.63) is 68.8 Å². The topological polar surface area (TPSA) is 135 Å². The molecule has 0 radical (unpaired) electrons. The van der Waals surface area contributed by atoms with Crippen LogP contribution in [-0.2, 0) is 47.5 Å². The molecule has 6 rings (SSSR count). The molecule has 0 spiro atoms. The maximum absolute atomic E-state index is 13.7. The van der Waals surface area contributed by atoms with Crippen LogP contribution in [0.3, 0.4) is 0 Å². The summed E-state index contributed by atoms with van der Waals surface area (Å²) in [5.74, 6) is -0.623.